The molecule has 0 spiro atoms. The van der Waals surface area contributed by atoms with Gasteiger partial charge in [-0.3, -0.25) is 9.59 Å². The molecule has 1 aromatic carbocycles. The van der Waals surface area contributed by atoms with Gasteiger partial charge in [-0.1, -0.05) is 24.3 Å². The Morgan fingerprint density at radius 3 is 2.45 bits per heavy atom. The highest BCUT2D eigenvalue weighted by molar-refractivity contribution is 5.92. The molecule has 106 valence electrons. The molecule has 0 bridgehead atoms. The number of hydrogen-bond acceptors (Lipinski definition) is 2. The maximum absolute atomic E-state index is 12.1. The van der Waals surface area contributed by atoms with Gasteiger partial charge in [0.2, 0.25) is 5.91 Å². The van der Waals surface area contributed by atoms with Gasteiger partial charge in [-0.2, -0.15) is 0 Å². The van der Waals surface area contributed by atoms with Gasteiger partial charge < -0.3 is 10.4 Å². The molecule has 0 saturated carbocycles. The minimum absolute atomic E-state index is 0.0630. The fraction of sp³-hybridized carbons (Fsp3) is 0.250. The van der Waals surface area contributed by atoms with E-state index in [0.29, 0.717) is 24.1 Å². The molecule has 0 aliphatic rings. The van der Waals surface area contributed by atoms with Crippen molar-refractivity contribution in [1.82, 2.24) is 0 Å². The van der Waals surface area contributed by atoms with E-state index < -0.39 is 5.97 Å². The molecular weight excluding hydrogens is 254 g/mol. The van der Waals surface area contributed by atoms with Crippen molar-refractivity contribution >= 4 is 17.6 Å². The third-order valence-corrected chi connectivity index (χ3v) is 2.82. The van der Waals surface area contributed by atoms with Crippen LogP contribution in [0.15, 0.2) is 49.6 Å². The number of nitrogens with one attached hydrogen (secondary N) is 1. The number of aliphatic carboxylic acids is 1. The predicted molar refractivity (Wildman–Crippen MR) is 79.5 cm³/mol. The topological polar surface area (TPSA) is 66.4 Å². The number of carboxylic acids is 1. The Kier molecular flexibility index (Phi) is 6.23. The summed E-state index contributed by atoms with van der Waals surface area (Å²) >= 11 is 0. The van der Waals surface area contributed by atoms with E-state index in [1.807, 2.05) is 0 Å². The summed E-state index contributed by atoms with van der Waals surface area (Å²) in [6, 6.07) is 6.85. The lowest BCUT2D eigenvalue weighted by Gasteiger charge is -2.13. The van der Waals surface area contributed by atoms with Gasteiger partial charge in [0.1, 0.15) is 0 Å². The Labute approximate surface area is 118 Å². The summed E-state index contributed by atoms with van der Waals surface area (Å²) in [7, 11) is 0. The Hall–Kier alpha value is -2.36. The van der Waals surface area contributed by atoms with E-state index in [9.17, 15) is 9.59 Å². The molecule has 0 radical (unpaired) electrons. The lowest BCUT2D eigenvalue weighted by molar-refractivity contribution is -0.136. The number of benzene rings is 1. The minimum atomic E-state index is -0.898. The molecular formula is C16H19NO3. The standard InChI is InChI=1S/C16H19NO3/c1-3-6-13(7-4-2)16(20)17-14-9-5-8-12(10-14)11-15(18)19/h3-5,8-10,13H,1-2,6-7,11H2,(H,17,20)(H,18,19). The molecule has 1 aromatic rings. The molecule has 0 heterocycles. The molecule has 1 amide bonds. The molecule has 0 aliphatic heterocycles. The Morgan fingerprint density at radius 2 is 1.90 bits per heavy atom. The van der Waals surface area contributed by atoms with Crippen LogP contribution in [0.4, 0.5) is 5.69 Å². The Balaban J connectivity index is 2.75. The molecule has 0 aliphatic carbocycles. The van der Waals surface area contributed by atoms with Crippen molar-refractivity contribution in [2.75, 3.05) is 5.32 Å². The average Bonchev–Trinajstić information content (AvgIpc) is 2.38. The van der Waals surface area contributed by atoms with Crippen LogP contribution in [-0.4, -0.2) is 17.0 Å². The van der Waals surface area contributed by atoms with Crippen LogP contribution in [-0.2, 0) is 16.0 Å². The van der Waals surface area contributed by atoms with Crippen molar-refractivity contribution in [1.29, 1.82) is 0 Å². The van der Waals surface area contributed by atoms with Gasteiger partial charge in [-0.15, -0.1) is 13.2 Å². The first-order valence-electron chi connectivity index (χ1n) is 6.40. The van der Waals surface area contributed by atoms with Crippen molar-refractivity contribution in [3.05, 3.63) is 55.1 Å². The zero-order valence-electron chi connectivity index (χ0n) is 11.3. The van der Waals surface area contributed by atoms with Crippen molar-refractivity contribution in [3.8, 4) is 0 Å². The van der Waals surface area contributed by atoms with Crippen LogP contribution in [0.2, 0.25) is 0 Å². The molecule has 0 fully saturated rings. The molecule has 4 heteroatoms. The lowest BCUT2D eigenvalue weighted by Crippen LogP contribution is -2.22. The molecule has 2 N–H and O–H groups in total. The van der Waals surface area contributed by atoms with Gasteiger partial charge in [-0.05, 0) is 30.5 Å². The van der Waals surface area contributed by atoms with Crippen molar-refractivity contribution in [2.24, 2.45) is 5.92 Å². The molecule has 0 aromatic heterocycles. The van der Waals surface area contributed by atoms with Crippen LogP contribution in [0.1, 0.15) is 18.4 Å². The molecule has 20 heavy (non-hydrogen) atoms. The largest absolute Gasteiger partial charge is 0.481 e. The second-order valence-electron chi connectivity index (χ2n) is 4.51. The predicted octanol–water partition coefficient (Wildman–Crippen LogP) is 3.02. The number of carbonyl (C=O) groups excluding carboxylic acids is 1. The van der Waals surface area contributed by atoms with Gasteiger partial charge in [0, 0.05) is 11.6 Å². The zero-order chi connectivity index (χ0) is 15.0. The summed E-state index contributed by atoms with van der Waals surface area (Å²) in [6.45, 7) is 7.28. The number of anilines is 1. The van der Waals surface area contributed by atoms with E-state index in [1.165, 1.54) is 0 Å². The Bertz CT molecular complexity index is 498. The van der Waals surface area contributed by atoms with Gasteiger partial charge in [-0.25, -0.2) is 0 Å². The molecule has 0 unspecified atom stereocenters. The van der Waals surface area contributed by atoms with Gasteiger partial charge in [0.05, 0.1) is 6.42 Å². The third kappa shape index (κ3) is 5.10. The quantitative estimate of drug-likeness (QED) is 0.715. The minimum Gasteiger partial charge on any atom is -0.481 e. The first-order chi connectivity index (χ1) is 9.56. The Morgan fingerprint density at radius 1 is 1.25 bits per heavy atom. The summed E-state index contributed by atoms with van der Waals surface area (Å²) in [5.74, 6) is -1.21. The number of hydrogen-bond donors (Lipinski definition) is 2. The number of rotatable bonds is 8. The highest BCUT2D eigenvalue weighted by atomic mass is 16.4. The van der Waals surface area contributed by atoms with Crippen molar-refractivity contribution in [3.63, 3.8) is 0 Å². The fourth-order valence-electron chi connectivity index (χ4n) is 1.89. The first-order valence-corrected chi connectivity index (χ1v) is 6.40. The highest BCUT2D eigenvalue weighted by Crippen LogP contribution is 2.16. The van der Waals surface area contributed by atoms with E-state index in [2.05, 4.69) is 18.5 Å². The summed E-state index contributed by atoms with van der Waals surface area (Å²) in [5.41, 5.74) is 1.26. The van der Waals surface area contributed by atoms with E-state index in [-0.39, 0.29) is 18.2 Å². The van der Waals surface area contributed by atoms with Crippen LogP contribution < -0.4 is 5.32 Å². The van der Waals surface area contributed by atoms with Crippen LogP contribution in [0.3, 0.4) is 0 Å². The second-order valence-corrected chi connectivity index (χ2v) is 4.51. The number of carbonyl (C=O) groups is 2. The smallest absolute Gasteiger partial charge is 0.307 e. The molecule has 1 rings (SSSR count). The van der Waals surface area contributed by atoms with E-state index in [1.54, 1.807) is 36.4 Å². The number of allylic oxidation sites excluding steroid dienone is 2. The summed E-state index contributed by atoms with van der Waals surface area (Å²) in [5, 5.41) is 11.6. The van der Waals surface area contributed by atoms with E-state index in [0.717, 1.165) is 0 Å². The summed E-state index contributed by atoms with van der Waals surface area (Å²) < 4.78 is 0. The second kappa shape index (κ2) is 7.94. The van der Waals surface area contributed by atoms with Crippen LogP contribution in [0.25, 0.3) is 0 Å². The number of amides is 1. The van der Waals surface area contributed by atoms with Crippen LogP contribution >= 0.6 is 0 Å². The van der Waals surface area contributed by atoms with Crippen LogP contribution in [0, 0.1) is 5.92 Å². The zero-order valence-corrected chi connectivity index (χ0v) is 11.3. The third-order valence-electron chi connectivity index (χ3n) is 2.82. The fourth-order valence-corrected chi connectivity index (χ4v) is 1.89. The summed E-state index contributed by atoms with van der Waals surface area (Å²) in [4.78, 5) is 22.8. The maximum Gasteiger partial charge on any atom is 0.307 e. The van der Waals surface area contributed by atoms with Crippen molar-refractivity contribution in [2.45, 2.75) is 19.3 Å². The van der Waals surface area contributed by atoms with Gasteiger partial charge >= 0.3 is 5.97 Å². The first kappa shape index (κ1) is 15.7. The summed E-state index contributed by atoms with van der Waals surface area (Å²) in [6.07, 6.45) is 4.50. The van der Waals surface area contributed by atoms with Crippen LogP contribution in [0.5, 0.6) is 0 Å². The van der Waals surface area contributed by atoms with Gasteiger partial charge in [0.15, 0.2) is 0 Å². The SMILES string of the molecule is C=CCC(CC=C)C(=O)Nc1cccc(CC(=O)O)c1. The van der Waals surface area contributed by atoms with E-state index in [4.69, 9.17) is 5.11 Å². The average molecular weight is 273 g/mol. The van der Waals surface area contributed by atoms with Crippen molar-refractivity contribution < 1.29 is 14.7 Å². The normalized spacial score (nSPS) is 10.1. The lowest BCUT2D eigenvalue weighted by atomic mass is 10.0. The molecule has 0 atom stereocenters. The van der Waals surface area contributed by atoms with Gasteiger partial charge in [0.25, 0.3) is 0 Å². The number of carboxylic acid groups (broad SMARTS) is 1. The maximum atomic E-state index is 12.1. The molecule has 4 nitrogen and oxygen atoms in total. The highest BCUT2D eigenvalue weighted by Gasteiger charge is 2.15. The molecule has 0 saturated heterocycles. The van der Waals surface area contributed by atoms with E-state index >= 15 is 0 Å². The monoisotopic (exact) mass is 273 g/mol.